The highest BCUT2D eigenvalue weighted by Gasteiger charge is 1.97. The molecule has 0 saturated heterocycles. The summed E-state index contributed by atoms with van der Waals surface area (Å²) < 4.78 is 0. The zero-order valence-electron chi connectivity index (χ0n) is 7.02. The maximum absolute atomic E-state index is 10.9. The third-order valence-corrected chi connectivity index (χ3v) is 1.30. The molecule has 0 fully saturated rings. The molecule has 0 aliphatic rings. The van der Waals surface area contributed by atoms with Gasteiger partial charge in [-0.05, 0) is 20.0 Å². The Morgan fingerprint density at radius 3 is 2.73 bits per heavy atom. The molecule has 11 heavy (non-hydrogen) atoms. The van der Waals surface area contributed by atoms with Gasteiger partial charge in [0.05, 0.1) is 0 Å². The molecule has 66 valence electrons. The zero-order chi connectivity index (χ0) is 8.53. The summed E-state index contributed by atoms with van der Waals surface area (Å²) >= 11 is 0. The highest BCUT2D eigenvalue weighted by atomic mass is 16.1. The van der Waals surface area contributed by atoms with Crippen LogP contribution in [0.3, 0.4) is 0 Å². The van der Waals surface area contributed by atoms with Crippen molar-refractivity contribution in [2.24, 2.45) is 5.73 Å². The van der Waals surface area contributed by atoms with Crippen LogP contribution in [-0.4, -0.2) is 32.6 Å². The average molecular weight is 159 g/mol. The van der Waals surface area contributed by atoms with Gasteiger partial charge in [-0.25, -0.2) is 0 Å². The fourth-order valence-corrected chi connectivity index (χ4v) is 0.726. The molecule has 0 atom stereocenters. The van der Waals surface area contributed by atoms with E-state index in [-0.39, 0.29) is 5.91 Å². The van der Waals surface area contributed by atoms with E-state index in [4.69, 9.17) is 5.73 Å². The molecule has 1 amide bonds. The van der Waals surface area contributed by atoms with E-state index in [0.29, 0.717) is 19.5 Å². The van der Waals surface area contributed by atoms with Crippen LogP contribution in [0.4, 0.5) is 0 Å². The van der Waals surface area contributed by atoms with Crippen molar-refractivity contribution < 1.29 is 4.79 Å². The summed E-state index contributed by atoms with van der Waals surface area (Å²) in [5.74, 6) is 0.0886. The van der Waals surface area contributed by atoms with Crippen molar-refractivity contribution in [2.45, 2.75) is 12.8 Å². The summed E-state index contributed by atoms with van der Waals surface area (Å²) in [5, 5.41) is 5.67. The van der Waals surface area contributed by atoms with Gasteiger partial charge in [-0.1, -0.05) is 0 Å². The number of carbonyl (C=O) groups is 1. The highest BCUT2D eigenvalue weighted by molar-refractivity contribution is 5.75. The Morgan fingerprint density at radius 2 is 2.18 bits per heavy atom. The Bertz CT molecular complexity index is 106. The van der Waals surface area contributed by atoms with Gasteiger partial charge in [-0.2, -0.15) is 0 Å². The van der Waals surface area contributed by atoms with E-state index in [9.17, 15) is 4.79 Å². The fraction of sp³-hybridized carbons (Fsp3) is 0.857. The number of nitrogens with two attached hydrogens (primary N) is 1. The molecule has 0 aliphatic heterocycles. The van der Waals surface area contributed by atoms with E-state index in [1.165, 1.54) is 0 Å². The molecular formula is C7H17N3O. The number of hydrogen-bond donors (Lipinski definition) is 3. The van der Waals surface area contributed by atoms with Crippen LogP contribution in [-0.2, 0) is 4.79 Å². The van der Waals surface area contributed by atoms with Crippen LogP contribution >= 0.6 is 0 Å². The highest BCUT2D eigenvalue weighted by Crippen LogP contribution is 1.85. The Kier molecular flexibility index (Phi) is 7.08. The van der Waals surface area contributed by atoms with Crippen molar-refractivity contribution in [3.8, 4) is 0 Å². The molecular weight excluding hydrogens is 142 g/mol. The molecule has 4 nitrogen and oxygen atoms in total. The van der Waals surface area contributed by atoms with Gasteiger partial charge in [0.25, 0.3) is 0 Å². The summed E-state index contributed by atoms with van der Waals surface area (Å²) in [7, 11) is 1.87. The van der Waals surface area contributed by atoms with Crippen molar-refractivity contribution in [1.29, 1.82) is 0 Å². The van der Waals surface area contributed by atoms with E-state index in [1.54, 1.807) is 0 Å². The first-order valence-corrected chi connectivity index (χ1v) is 3.92. The lowest BCUT2D eigenvalue weighted by Crippen LogP contribution is -2.29. The first kappa shape index (κ1) is 10.4. The normalized spacial score (nSPS) is 9.64. The van der Waals surface area contributed by atoms with Crippen LogP contribution in [0.2, 0.25) is 0 Å². The summed E-state index contributed by atoms with van der Waals surface area (Å²) in [6.07, 6.45) is 1.47. The van der Waals surface area contributed by atoms with Gasteiger partial charge >= 0.3 is 0 Å². The van der Waals surface area contributed by atoms with Gasteiger partial charge in [-0.3, -0.25) is 4.79 Å². The third-order valence-electron chi connectivity index (χ3n) is 1.30. The van der Waals surface area contributed by atoms with Gasteiger partial charge in [0.1, 0.15) is 0 Å². The maximum atomic E-state index is 10.9. The predicted molar refractivity (Wildman–Crippen MR) is 45.2 cm³/mol. The molecule has 0 spiro atoms. The van der Waals surface area contributed by atoms with Crippen LogP contribution in [0.1, 0.15) is 12.8 Å². The molecule has 0 rings (SSSR count). The molecule has 0 unspecified atom stereocenters. The number of carbonyl (C=O) groups excluding carboxylic acids is 1. The fourth-order valence-electron chi connectivity index (χ4n) is 0.726. The van der Waals surface area contributed by atoms with Crippen molar-refractivity contribution in [1.82, 2.24) is 10.6 Å². The number of hydrogen-bond acceptors (Lipinski definition) is 3. The molecule has 0 aromatic heterocycles. The molecule has 0 radical (unpaired) electrons. The molecule has 4 heteroatoms. The lowest BCUT2D eigenvalue weighted by atomic mass is 10.3. The van der Waals surface area contributed by atoms with Gasteiger partial charge in [0.15, 0.2) is 0 Å². The quantitative estimate of drug-likeness (QED) is 0.438. The Hall–Kier alpha value is -0.610. The minimum atomic E-state index is 0.0886. The van der Waals surface area contributed by atoms with Crippen LogP contribution in [0.15, 0.2) is 0 Å². The van der Waals surface area contributed by atoms with Crippen molar-refractivity contribution in [3.05, 3.63) is 0 Å². The monoisotopic (exact) mass is 159 g/mol. The van der Waals surface area contributed by atoms with E-state index < -0.39 is 0 Å². The van der Waals surface area contributed by atoms with Crippen LogP contribution < -0.4 is 16.4 Å². The minimum absolute atomic E-state index is 0.0886. The summed E-state index contributed by atoms with van der Waals surface area (Å²) in [4.78, 5) is 10.9. The Balaban J connectivity index is 3.09. The number of amides is 1. The SMILES string of the molecule is CNCCCC(=O)NCCN. The van der Waals surface area contributed by atoms with E-state index in [0.717, 1.165) is 13.0 Å². The predicted octanol–water partition coefficient (Wildman–Crippen LogP) is -0.939. The Morgan fingerprint density at radius 1 is 1.45 bits per heavy atom. The van der Waals surface area contributed by atoms with Crippen molar-refractivity contribution >= 4 is 5.91 Å². The first-order valence-electron chi connectivity index (χ1n) is 3.92. The summed E-state index contributed by atoms with van der Waals surface area (Å²) in [6.45, 7) is 1.98. The second kappa shape index (κ2) is 7.50. The first-order chi connectivity index (χ1) is 5.31. The number of nitrogens with one attached hydrogen (secondary N) is 2. The van der Waals surface area contributed by atoms with Crippen molar-refractivity contribution in [2.75, 3.05) is 26.7 Å². The van der Waals surface area contributed by atoms with E-state index in [2.05, 4.69) is 10.6 Å². The standard InChI is InChI=1S/C7H17N3O/c1-9-5-2-3-7(11)10-6-4-8/h9H,2-6,8H2,1H3,(H,10,11). The number of rotatable bonds is 6. The van der Waals surface area contributed by atoms with Crippen molar-refractivity contribution in [3.63, 3.8) is 0 Å². The molecule has 0 saturated carbocycles. The molecule has 0 heterocycles. The van der Waals surface area contributed by atoms with Crippen LogP contribution in [0.25, 0.3) is 0 Å². The smallest absolute Gasteiger partial charge is 0.220 e. The summed E-state index contributed by atoms with van der Waals surface area (Å²) in [5.41, 5.74) is 5.20. The third kappa shape index (κ3) is 7.29. The van der Waals surface area contributed by atoms with Crippen LogP contribution in [0.5, 0.6) is 0 Å². The Labute approximate surface area is 67.5 Å². The van der Waals surface area contributed by atoms with E-state index in [1.807, 2.05) is 7.05 Å². The molecule has 4 N–H and O–H groups in total. The zero-order valence-corrected chi connectivity index (χ0v) is 7.02. The molecule has 0 aromatic rings. The van der Waals surface area contributed by atoms with Gasteiger partial charge < -0.3 is 16.4 Å². The lowest BCUT2D eigenvalue weighted by Gasteiger charge is -2.02. The second-order valence-corrected chi connectivity index (χ2v) is 2.35. The maximum Gasteiger partial charge on any atom is 0.220 e. The second-order valence-electron chi connectivity index (χ2n) is 2.35. The van der Waals surface area contributed by atoms with Gasteiger partial charge in [-0.15, -0.1) is 0 Å². The molecule has 0 aromatic carbocycles. The largest absolute Gasteiger partial charge is 0.355 e. The topological polar surface area (TPSA) is 67.2 Å². The summed E-state index contributed by atoms with van der Waals surface area (Å²) in [6, 6.07) is 0. The average Bonchev–Trinajstić information content (AvgIpc) is 2.01. The van der Waals surface area contributed by atoms with Gasteiger partial charge in [0.2, 0.25) is 5.91 Å². The van der Waals surface area contributed by atoms with Crippen LogP contribution in [0, 0.1) is 0 Å². The molecule has 0 bridgehead atoms. The van der Waals surface area contributed by atoms with Gasteiger partial charge in [0, 0.05) is 19.5 Å². The minimum Gasteiger partial charge on any atom is -0.355 e. The molecule has 0 aliphatic carbocycles. The lowest BCUT2D eigenvalue weighted by molar-refractivity contribution is -0.121. The van der Waals surface area contributed by atoms with E-state index >= 15 is 0 Å².